The number of ether oxygens (including phenoxy) is 1. The third kappa shape index (κ3) is 3.64. The van der Waals surface area contributed by atoms with Gasteiger partial charge in [0, 0.05) is 12.8 Å². The second-order valence-electron chi connectivity index (χ2n) is 4.50. The van der Waals surface area contributed by atoms with Gasteiger partial charge in [-0.2, -0.15) is 0 Å². The molecule has 1 aromatic heterocycles. The number of nitrogens with zero attached hydrogens (tertiary/aromatic N) is 3. The Hall–Kier alpha value is -1.69. The Kier molecular flexibility index (Phi) is 4.31. The highest BCUT2D eigenvalue weighted by Crippen LogP contribution is 2.23. The maximum absolute atomic E-state index is 5.64. The van der Waals surface area contributed by atoms with Crippen molar-refractivity contribution in [1.29, 1.82) is 0 Å². The second kappa shape index (κ2) is 5.97. The molecule has 0 spiro atoms. The highest BCUT2D eigenvalue weighted by molar-refractivity contribution is 7.98. The van der Waals surface area contributed by atoms with Gasteiger partial charge >= 0.3 is 0 Å². The first-order valence-electron chi connectivity index (χ1n) is 6.09. The van der Waals surface area contributed by atoms with Crippen LogP contribution in [0.3, 0.4) is 0 Å². The molecule has 0 unspecified atom stereocenters. The van der Waals surface area contributed by atoms with Crippen LogP contribution in [-0.2, 0) is 12.8 Å². The summed E-state index contributed by atoms with van der Waals surface area (Å²) in [6.45, 7) is 4.03. The smallest absolute Gasteiger partial charge is 0.222 e. The SMILES string of the molecule is CC(C)Oc1ccc(CSc2nnc(N)n2C)cc1. The van der Waals surface area contributed by atoms with Crippen molar-refractivity contribution >= 4 is 17.7 Å². The number of nitrogens with two attached hydrogens (primary N) is 1. The summed E-state index contributed by atoms with van der Waals surface area (Å²) in [4.78, 5) is 0. The van der Waals surface area contributed by atoms with Crippen molar-refractivity contribution < 1.29 is 4.74 Å². The van der Waals surface area contributed by atoms with Crippen LogP contribution in [0, 0.1) is 0 Å². The van der Waals surface area contributed by atoms with Crippen LogP contribution in [0.2, 0.25) is 0 Å². The van der Waals surface area contributed by atoms with E-state index >= 15 is 0 Å². The maximum Gasteiger partial charge on any atom is 0.222 e. The molecule has 19 heavy (non-hydrogen) atoms. The van der Waals surface area contributed by atoms with Gasteiger partial charge in [0.2, 0.25) is 5.95 Å². The molecule has 2 rings (SSSR count). The lowest BCUT2D eigenvalue weighted by atomic mass is 10.2. The van der Waals surface area contributed by atoms with Crippen LogP contribution < -0.4 is 10.5 Å². The van der Waals surface area contributed by atoms with Crippen LogP contribution in [0.15, 0.2) is 29.4 Å². The van der Waals surface area contributed by atoms with E-state index in [1.54, 1.807) is 16.3 Å². The van der Waals surface area contributed by atoms with Crippen LogP contribution in [0.25, 0.3) is 0 Å². The summed E-state index contributed by atoms with van der Waals surface area (Å²) in [5, 5.41) is 8.66. The maximum atomic E-state index is 5.64. The molecule has 102 valence electrons. The van der Waals surface area contributed by atoms with E-state index in [1.165, 1.54) is 5.56 Å². The van der Waals surface area contributed by atoms with Crippen LogP contribution >= 0.6 is 11.8 Å². The van der Waals surface area contributed by atoms with Gasteiger partial charge in [-0.15, -0.1) is 10.2 Å². The summed E-state index contributed by atoms with van der Waals surface area (Å²) in [6, 6.07) is 8.09. The van der Waals surface area contributed by atoms with Gasteiger partial charge in [-0.25, -0.2) is 0 Å². The molecular formula is C13H18N4OS. The molecule has 2 aromatic rings. The first-order valence-corrected chi connectivity index (χ1v) is 7.08. The summed E-state index contributed by atoms with van der Waals surface area (Å²) in [5.41, 5.74) is 6.85. The first-order chi connectivity index (χ1) is 9.06. The number of hydrogen-bond donors (Lipinski definition) is 1. The van der Waals surface area contributed by atoms with Crippen LogP contribution in [0.4, 0.5) is 5.95 Å². The predicted molar refractivity (Wildman–Crippen MR) is 77.2 cm³/mol. The van der Waals surface area contributed by atoms with Gasteiger partial charge < -0.3 is 10.5 Å². The third-order valence-electron chi connectivity index (χ3n) is 2.53. The lowest BCUT2D eigenvalue weighted by molar-refractivity contribution is 0.242. The summed E-state index contributed by atoms with van der Waals surface area (Å²) in [5.74, 6) is 2.16. The molecule has 0 radical (unpaired) electrons. The van der Waals surface area contributed by atoms with E-state index in [9.17, 15) is 0 Å². The Morgan fingerprint density at radius 1 is 1.26 bits per heavy atom. The molecule has 0 atom stereocenters. The minimum Gasteiger partial charge on any atom is -0.491 e. The van der Waals surface area contributed by atoms with Gasteiger partial charge in [0.25, 0.3) is 0 Å². The van der Waals surface area contributed by atoms with Gasteiger partial charge in [0.15, 0.2) is 5.16 Å². The Balaban J connectivity index is 1.95. The number of rotatable bonds is 5. The molecule has 0 aliphatic heterocycles. The molecule has 0 saturated heterocycles. The van der Waals surface area contributed by atoms with E-state index in [-0.39, 0.29) is 6.10 Å². The van der Waals surface area contributed by atoms with Gasteiger partial charge in [0.1, 0.15) is 5.75 Å². The number of benzene rings is 1. The number of aromatic nitrogens is 3. The van der Waals surface area contributed by atoms with Crippen molar-refractivity contribution in [2.45, 2.75) is 30.9 Å². The molecule has 6 heteroatoms. The average Bonchev–Trinajstić information content (AvgIpc) is 2.69. The van der Waals surface area contributed by atoms with Crippen molar-refractivity contribution in [3.8, 4) is 5.75 Å². The lowest BCUT2D eigenvalue weighted by Crippen LogP contribution is -2.05. The minimum absolute atomic E-state index is 0.196. The van der Waals surface area contributed by atoms with Gasteiger partial charge in [-0.1, -0.05) is 23.9 Å². The molecule has 5 nitrogen and oxygen atoms in total. The summed E-state index contributed by atoms with van der Waals surface area (Å²) < 4.78 is 7.38. The van der Waals surface area contributed by atoms with Crippen LogP contribution in [0.5, 0.6) is 5.75 Å². The number of thioether (sulfide) groups is 1. The Labute approximate surface area is 117 Å². The molecule has 0 fully saturated rings. The van der Waals surface area contributed by atoms with Gasteiger partial charge in [-0.3, -0.25) is 4.57 Å². The molecule has 1 aromatic carbocycles. The number of hydrogen-bond acceptors (Lipinski definition) is 5. The standard InChI is InChI=1S/C13H18N4OS/c1-9(2)18-11-6-4-10(5-7-11)8-19-13-16-15-12(14)17(13)3/h4-7,9H,8H2,1-3H3,(H2,14,15). The van der Waals surface area contributed by atoms with E-state index < -0.39 is 0 Å². The van der Waals surface area contributed by atoms with E-state index in [0.29, 0.717) is 5.95 Å². The fourth-order valence-corrected chi connectivity index (χ4v) is 2.41. The molecule has 0 amide bonds. The summed E-state index contributed by atoms with van der Waals surface area (Å²) in [6.07, 6.45) is 0.196. The highest BCUT2D eigenvalue weighted by Gasteiger charge is 2.06. The van der Waals surface area contributed by atoms with E-state index in [4.69, 9.17) is 10.5 Å². The normalized spacial score (nSPS) is 10.9. The zero-order valence-electron chi connectivity index (χ0n) is 11.3. The largest absolute Gasteiger partial charge is 0.491 e. The number of nitrogen functional groups attached to an aromatic ring is 1. The lowest BCUT2D eigenvalue weighted by Gasteiger charge is -2.09. The number of anilines is 1. The fourth-order valence-electron chi connectivity index (χ4n) is 1.54. The van der Waals surface area contributed by atoms with Crippen molar-refractivity contribution in [1.82, 2.24) is 14.8 Å². The summed E-state index contributed by atoms with van der Waals surface area (Å²) >= 11 is 1.61. The monoisotopic (exact) mass is 278 g/mol. The van der Waals surface area contributed by atoms with Crippen molar-refractivity contribution in [3.05, 3.63) is 29.8 Å². The third-order valence-corrected chi connectivity index (χ3v) is 3.62. The predicted octanol–water partition coefficient (Wildman–Crippen LogP) is 2.48. The van der Waals surface area contributed by atoms with Crippen molar-refractivity contribution in [3.63, 3.8) is 0 Å². The van der Waals surface area contributed by atoms with E-state index in [0.717, 1.165) is 16.7 Å². The first kappa shape index (κ1) is 13.7. The molecule has 0 aliphatic carbocycles. The van der Waals surface area contributed by atoms with E-state index in [1.807, 2.05) is 33.0 Å². The molecule has 0 aliphatic rings. The van der Waals surface area contributed by atoms with E-state index in [2.05, 4.69) is 22.3 Å². The quantitative estimate of drug-likeness (QED) is 0.851. The molecule has 1 heterocycles. The summed E-state index contributed by atoms with van der Waals surface area (Å²) in [7, 11) is 1.86. The molecular weight excluding hydrogens is 260 g/mol. The zero-order valence-corrected chi connectivity index (χ0v) is 12.1. The van der Waals surface area contributed by atoms with Crippen LogP contribution in [-0.4, -0.2) is 20.9 Å². The highest BCUT2D eigenvalue weighted by atomic mass is 32.2. The topological polar surface area (TPSA) is 66.0 Å². The molecule has 2 N–H and O–H groups in total. The zero-order chi connectivity index (χ0) is 13.8. The fraction of sp³-hybridized carbons (Fsp3) is 0.385. The molecule has 0 saturated carbocycles. The Morgan fingerprint density at radius 2 is 1.95 bits per heavy atom. The van der Waals surface area contributed by atoms with Crippen molar-refractivity contribution in [2.24, 2.45) is 7.05 Å². The van der Waals surface area contributed by atoms with Gasteiger partial charge in [-0.05, 0) is 31.5 Å². The minimum atomic E-state index is 0.196. The average molecular weight is 278 g/mol. The molecule has 0 bridgehead atoms. The van der Waals surface area contributed by atoms with Gasteiger partial charge in [0.05, 0.1) is 6.10 Å². The van der Waals surface area contributed by atoms with Crippen LogP contribution in [0.1, 0.15) is 19.4 Å². The Morgan fingerprint density at radius 3 is 2.47 bits per heavy atom. The van der Waals surface area contributed by atoms with Crippen molar-refractivity contribution in [2.75, 3.05) is 5.73 Å². The second-order valence-corrected chi connectivity index (χ2v) is 5.44. The Bertz CT molecular complexity index is 536.